The van der Waals surface area contributed by atoms with Crippen LogP contribution in [0.2, 0.25) is 0 Å². The summed E-state index contributed by atoms with van der Waals surface area (Å²) in [4.78, 5) is 31.3. The van der Waals surface area contributed by atoms with Crippen LogP contribution < -0.4 is 20.9 Å². The van der Waals surface area contributed by atoms with Gasteiger partial charge < -0.3 is 15.4 Å². The number of rotatable bonds is 5. The molecule has 31 heavy (non-hydrogen) atoms. The SMILES string of the molecule is COc1ncc(-c2nc3c(C)nc(NC(C)C)nc3n(C3CCNCC3)c2=O)cc1F. The molecule has 3 aromatic rings. The fourth-order valence-corrected chi connectivity index (χ4v) is 3.84. The lowest BCUT2D eigenvalue weighted by molar-refractivity contribution is 0.367. The number of nitrogens with one attached hydrogen (secondary N) is 2. The molecule has 4 rings (SSSR count). The van der Waals surface area contributed by atoms with E-state index >= 15 is 0 Å². The maximum Gasteiger partial charge on any atom is 0.279 e. The van der Waals surface area contributed by atoms with E-state index in [0.29, 0.717) is 22.8 Å². The molecule has 0 aliphatic carbocycles. The minimum atomic E-state index is -0.654. The lowest BCUT2D eigenvalue weighted by Gasteiger charge is -2.26. The molecular weight excluding hydrogens is 401 g/mol. The number of hydrogen-bond acceptors (Lipinski definition) is 8. The Morgan fingerprint density at radius 1 is 1.26 bits per heavy atom. The number of halogens is 1. The van der Waals surface area contributed by atoms with Crippen LogP contribution in [0.15, 0.2) is 17.1 Å². The van der Waals surface area contributed by atoms with Crippen LogP contribution in [0.4, 0.5) is 10.3 Å². The Hall–Kier alpha value is -3.14. The van der Waals surface area contributed by atoms with E-state index in [4.69, 9.17) is 4.74 Å². The van der Waals surface area contributed by atoms with Crippen LogP contribution >= 0.6 is 0 Å². The third kappa shape index (κ3) is 4.07. The predicted molar refractivity (Wildman–Crippen MR) is 116 cm³/mol. The molecule has 0 spiro atoms. The Morgan fingerprint density at radius 2 is 2.00 bits per heavy atom. The number of anilines is 1. The van der Waals surface area contributed by atoms with Gasteiger partial charge in [-0.2, -0.15) is 4.98 Å². The fraction of sp³-hybridized carbons (Fsp3) is 0.476. The molecular formula is C21H26FN7O2. The van der Waals surface area contributed by atoms with Crippen molar-refractivity contribution in [2.45, 2.75) is 45.7 Å². The number of aromatic nitrogens is 5. The Labute approximate surface area is 179 Å². The van der Waals surface area contributed by atoms with Crippen molar-refractivity contribution in [3.05, 3.63) is 34.1 Å². The van der Waals surface area contributed by atoms with Gasteiger partial charge in [0.05, 0.1) is 12.8 Å². The van der Waals surface area contributed by atoms with Gasteiger partial charge in [0.1, 0.15) is 11.2 Å². The van der Waals surface area contributed by atoms with Crippen molar-refractivity contribution in [3.63, 3.8) is 0 Å². The van der Waals surface area contributed by atoms with Gasteiger partial charge in [-0.3, -0.25) is 9.36 Å². The molecule has 0 unspecified atom stereocenters. The lowest BCUT2D eigenvalue weighted by Crippen LogP contribution is -2.36. The van der Waals surface area contributed by atoms with E-state index in [1.807, 2.05) is 20.8 Å². The second-order valence-corrected chi connectivity index (χ2v) is 7.94. The molecule has 1 aliphatic heterocycles. The number of fused-ring (bicyclic) bond motifs is 1. The smallest absolute Gasteiger partial charge is 0.279 e. The fourth-order valence-electron chi connectivity index (χ4n) is 3.84. The highest BCUT2D eigenvalue weighted by Gasteiger charge is 2.24. The largest absolute Gasteiger partial charge is 0.479 e. The van der Waals surface area contributed by atoms with Crippen LogP contribution in [0, 0.1) is 12.7 Å². The third-order valence-corrected chi connectivity index (χ3v) is 5.28. The van der Waals surface area contributed by atoms with Crippen molar-refractivity contribution >= 4 is 17.1 Å². The van der Waals surface area contributed by atoms with E-state index in [0.717, 1.165) is 25.9 Å². The molecule has 1 saturated heterocycles. The quantitative estimate of drug-likeness (QED) is 0.640. The van der Waals surface area contributed by atoms with Crippen LogP contribution in [0.25, 0.3) is 22.4 Å². The van der Waals surface area contributed by atoms with Crippen LogP contribution in [-0.2, 0) is 0 Å². The van der Waals surface area contributed by atoms with Crippen LogP contribution in [0.3, 0.4) is 0 Å². The molecule has 1 fully saturated rings. The minimum Gasteiger partial charge on any atom is -0.479 e. The van der Waals surface area contributed by atoms with E-state index < -0.39 is 5.82 Å². The first-order valence-corrected chi connectivity index (χ1v) is 10.4. The summed E-state index contributed by atoms with van der Waals surface area (Å²) in [5.41, 5.74) is 1.73. The second kappa shape index (κ2) is 8.54. The lowest BCUT2D eigenvalue weighted by atomic mass is 10.1. The van der Waals surface area contributed by atoms with E-state index in [9.17, 15) is 9.18 Å². The molecule has 0 bridgehead atoms. The van der Waals surface area contributed by atoms with Gasteiger partial charge in [-0.1, -0.05) is 0 Å². The minimum absolute atomic E-state index is 0.0461. The molecule has 164 valence electrons. The van der Waals surface area contributed by atoms with Gasteiger partial charge >= 0.3 is 0 Å². The Morgan fingerprint density at radius 3 is 2.65 bits per heavy atom. The Balaban J connectivity index is 1.98. The summed E-state index contributed by atoms with van der Waals surface area (Å²) in [7, 11) is 1.34. The van der Waals surface area contributed by atoms with Gasteiger partial charge in [-0.25, -0.2) is 19.3 Å². The van der Waals surface area contributed by atoms with Crippen molar-refractivity contribution in [2.75, 3.05) is 25.5 Å². The summed E-state index contributed by atoms with van der Waals surface area (Å²) in [5.74, 6) is -0.333. The zero-order valence-electron chi connectivity index (χ0n) is 18.1. The summed E-state index contributed by atoms with van der Waals surface area (Å²) < 4.78 is 20.9. The van der Waals surface area contributed by atoms with Crippen molar-refractivity contribution in [2.24, 2.45) is 0 Å². The van der Waals surface area contributed by atoms with Gasteiger partial charge in [0.25, 0.3) is 5.56 Å². The third-order valence-electron chi connectivity index (χ3n) is 5.28. The number of piperidine rings is 1. The van der Waals surface area contributed by atoms with E-state index in [1.54, 1.807) is 4.57 Å². The first-order chi connectivity index (χ1) is 14.9. The van der Waals surface area contributed by atoms with Gasteiger partial charge in [0, 0.05) is 23.8 Å². The van der Waals surface area contributed by atoms with Gasteiger partial charge in [-0.15, -0.1) is 0 Å². The van der Waals surface area contributed by atoms with E-state index in [1.165, 1.54) is 19.4 Å². The molecule has 2 N–H and O–H groups in total. The molecule has 0 amide bonds. The molecule has 0 aromatic carbocycles. The maximum absolute atomic E-state index is 14.3. The van der Waals surface area contributed by atoms with Crippen LogP contribution in [-0.4, -0.2) is 50.7 Å². The highest BCUT2D eigenvalue weighted by atomic mass is 19.1. The summed E-state index contributed by atoms with van der Waals surface area (Å²) in [6.45, 7) is 7.42. The standard InChI is InChI=1S/C21H26FN7O2/c1-11(2)25-21-26-12(3)16-18(28-21)29(14-5-7-23-8-6-14)20(30)17(27-16)13-9-15(22)19(31-4)24-10-13/h9-11,14,23H,5-8H2,1-4H3,(H,25,26,28). The summed E-state index contributed by atoms with van der Waals surface area (Å²) in [5, 5.41) is 6.52. The molecule has 10 heteroatoms. The van der Waals surface area contributed by atoms with Gasteiger partial charge in [0.15, 0.2) is 11.5 Å². The van der Waals surface area contributed by atoms with Crippen molar-refractivity contribution in [1.29, 1.82) is 0 Å². The molecule has 9 nitrogen and oxygen atoms in total. The number of nitrogens with zero attached hydrogens (tertiary/aromatic N) is 5. The van der Waals surface area contributed by atoms with Crippen LogP contribution in [0.1, 0.15) is 38.4 Å². The highest BCUT2D eigenvalue weighted by molar-refractivity contribution is 5.77. The molecule has 3 aromatic heterocycles. The maximum atomic E-state index is 14.3. The van der Waals surface area contributed by atoms with Crippen molar-refractivity contribution in [3.8, 4) is 17.1 Å². The predicted octanol–water partition coefficient (Wildman–Crippen LogP) is 2.45. The molecule has 0 saturated carbocycles. The second-order valence-electron chi connectivity index (χ2n) is 7.94. The zero-order valence-corrected chi connectivity index (χ0v) is 18.1. The molecule has 4 heterocycles. The van der Waals surface area contributed by atoms with Gasteiger partial charge in [-0.05, 0) is 52.8 Å². The molecule has 0 atom stereocenters. The number of methoxy groups -OCH3 is 1. The first-order valence-electron chi connectivity index (χ1n) is 10.4. The normalized spacial score (nSPS) is 14.9. The number of hydrogen-bond donors (Lipinski definition) is 2. The topological polar surface area (TPSA) is 107 Å². The number of pyridine rings is 1. The summed E-state index contributed by atoms with van der Waals surface area (Å²) in [6, 6.07) is 1.31. The molecule has 1 aliphatic rings. The van der Waals surface area contributed by atoms with Gasteiger partial charge in [0.2, 0.25) is 11.8 Å². The first kappa shape index (κ1) is 21.1. The van der Waals surface area contributed by atoms with Crippen molar-refractivity contribution in [1.82, 2.24) is 29.8 Å². The average molecular weight is 427 g/mol. The Bertz CT molecular complexity index is 1170. The number of aryl methyl sites for hydroxylation is 1. The van der Waals surface area contributed by atoms with E-state index in [-0.39, 0.29) is 34.8 Å². The van der Waals surface area contributed by atoms with Crippen molar-refractivity contribution < 1.29 is 9.13 Å². The summed E-state index contributed by atoms with van der Waals surface area (Å²) >= 11 is 0. The highest BCUT2D eigenvalue weighted by Crippen LogP contribution is 2.26. The van der Waals surface area contributed by atoms with Crippen LogP contribution in [0.5, 0.6) is 5.88 Å². The van der Waals surface area contributed by atoms with E-state index in [2.05, 4.69) is 30.6 Å². The average Bonchev–Trinajstić information content (AvgIpc) is 2.73. The summed E-state index contributed by atoms with van der Waals surface area (Å²) in [6.07, 6.45) is 2.96. The Kier molecular flexibility index (Phi) is 5.81. The molecule has 0 radical (unpaired) electrons. The number of ether oxygens (including phenoxy) is 1. The zero-order chi connectivity index (χ0) is 22.1. The monoisotopic (exact) mass is 427 g/mol.